The highest BCUT2D eigenvalue weighted by atomic mass is 32.2. The summed E-state index contributed by atoms with van der Waals surface area (Å²) >= 11 is 3.89. The smallest absolute Gasteiger partial charge is 0.0870 e. The van der Waals surface area contributed by atoms with Gasteiger partial charge in [0, 0.05) is 15.1 Å². The van der Waals surface area contributed by atoms with Gasteiger partial charge in [0.05, 0.1) is 4.01 Å². The van der Waals surface area contributed by atoms with Crippen molar-refractivity contribution >= 4 is 32.1 Å². The van der Waals surface area contributed by atoms with Gasteiger partial charge in [-0.3, -0.25) is 0 Å². The molecule has 0 N–H and O–H groups in total. The van der Waals surface area contributed by atoms with Crippen LogP contribution in [0.2, 0.25) is 0 Å². The molecule has 13 heavy (non-hydrogen) atoms. The maximum atomic E-state index is 2.36. The topological polar surface area (TPSA) is 0 Å². The molecule has 0 amide bonds. The Hall–Kier alpha value is -0.340. The summed E-state index contributed by atoms with van der Waals surface area (Å²) in [4.78, 5) is 2.97. The molecule has 2 heteroatoms. The molecule has 1 unspecified atom stereocenters. The molecule has 0 saturated carbocycles. The van der Waals surface area contributed by atoms with Gasteiger partial charge in [-0.1, -0.05) is 13.8 Å². The fourth-order valence-corrected chi connectivity index (χ4v) is 3.99. The Morgan fingerprint density at radius 3 is 2.69 bits per heavy atom. The molecule has 0 fully saturated rings. The summed E-state index contributed by atoms with van der Waals surface area (Å²) in [5.74, 6) is 0.727. The Balaban J connectivity index is 2.45. The van der Waals surface area contributed by atoms with E-state index in [4.69, 9.17) is 0 Å². The maximum Gasteiger partial charge on any atom is 0.0870 e. The summed E-state index contributed by atoms with van der Waals surface area (Å²) in [6, 6.07) is 4.65. The summed E-state index contributed by atoms with van der Waals surface area (Å²) < 4.78 is 1.49. The summed E-state index contributed by atoms with van der Waals surface area (Å²) in [5, 5.41) is 1.45. The first kappa shape index (κ1) is 9.22. The van der Waals surface area contributed by atoms with E-state index >= 15 is 0 Å². The Labute approximate surface area is 87.2 Å². The lowest BCUT2D eigenvalue weighted by Crippen LogP contribution is -1.84. The van der Waals surface area contributed by atoms with E-state index in [1.54, 1.807) is 4.88 Å². The average Bonchev–Trinajstić information content (AvgIpc) is 2.59. The molecule has 2 heterocycles. The molecule has 0 aliphatic carbocycles. The minimum atomic E-state index is 0.727. The zero-order chi connectivity index (χ0) is 9.42. The zero-order valence-corrected chi connectivity index (χ0v) is 9.89. The van der Waals surface area contributed by atoms with Crippen molar-refractivity contribution in [2.24, 2.45) is 0 Å². The van der Waals surface area contributed by atoms with Gasteiger partial charge in [0.1, 0.15) is 0 Å². The first-order valence-corrected chi connectivity index (χ1v) is 6.34. The second-order valence-electron chi connectivity index (χ2n) is 3.56. The third-order valence-corrected chi connectivity index (χ3v) is 4.99. The molecule has 0 aromatic carbocycles. The van der Waals surface area contributed by atoms with Crippen LogP contribution >= 0.6 is 22.7 Å². The van der Waals surface area contributed by atoms with Gasteiger partial charge < -0.3 is 0 Å². The largest absolute Gasteiger partial charge is 0.130 e. The van der Waals surface area contributed by atoms with Crippen LogP contribution < -0.4 is 0 Å². The second-order valence-corrected chi connectivity index (χ2v) is 6.16. The summed E-state index contributed by atoms with van der Waals surface area (Å²) in [6.07, 6.45) is 1.24. The van der Waals surface area contributed by atoms with Crippen LogP contribution in [0, 0.1) is 6.92 Å². The van der Waals surface area contributed by atoms with Gasteiger partial charge in [-0.2, -0.15) is 0 Å². The van der Waals surface area contributed by atoms with Crippen LogP contribution in [-0.2, 0) is 0 Å². The van der Waals surface area contributed by atoms with Crippen LogP contribution in [0.4, 0.5) is 0 Å². The maximum absolute atomic E-state index is 2.36. The van der Waals surface area contributed by atoms with Crippen LogP contribution in [0.3, 0.4) is 0 Å². The molecule has 0 saturated heterocycles. The molecule has 1 atom stereocenters. The van der Waals surface area contributed by atoms with Crippen LogP contribution in [0.25, 0.3) is 9.40 Å². The van der Waals surface area contributed by atoms with Gasteiger partial charge in [0.2, 0.25) is 0 Å². The summed E-state index contributed by atoms with van der Waals surface area (Å²) in [7, 11) is 0. The SMILES string of the molecule is CCC(C)c1cc2cc(C)sc2s1. The highest BCUT2D eigenvalue weighted by Crippen LogP contribution is 2.37. The number of thiophene rings is 2. The summed E-state index contributed by atoms with van der Waals surface area (Å²) in [5.41, 5.74) is 0. The first-order chi connectivity index (χ1) is 6.20. The minimum absolute atomic E-state index is 0.727. The second kappa shape index (κ2) is 3.43. The van der Waals surface area contributed by atoms with Gasteiger partial charge in [-0.05, 0) is 31.4 Å². The molecule has 2 aromatic heterocycles. The molecule has 0 aliphatic heterocycles. The quantitative estimate of drug-likeness (QED) is 0.669. The summed E-state index contributed by atoms with van der Waals surface area (Å²) in [6.45, 7) is 6.74. The zero-order valence-electron chi connectivity index (χ0n) is 8.26. The number of fused-ring (bicyclic) bond motifs is 1. The Kier molecular flexibility index (Phi) is 2.43. The van der Waals surface area contributed by atoms with Gasteiger partial charge >= 0.3 is 0 Å². The Bertz CT molecular complexity index is 377. The fourth-order valence-electron chi connectivity index (χ4n) is 1.43. The molecular formula is C11H14S2. The molecule has 0 radical (unpaired) electrons. The van der Waals surface area contributed by atoms with Crippen LogP contribution in [0.5, 0.6) is 0 Å². The molecule has 0 aliphatic rings. The van der Waals surface area contributed by atoms with Gasteiger partial charge in [0.15, 0.2) is 0 Å². The van der Waals surface area contributed by atoms with Crippen molar-refractivity contribution in [3.05, 3.63) is 21.9 Å². The third kappa shape index (κ3) is 1.65. The van der Waals surface area contributed by atoms with E-state index in [-0.39, 0.29) is 0 Å². The van der Waals surface area contributed by atoms with E-state index in [1.807, 2.05) is 22.7 Å². The van der Waals surface area contributed by atoms with E-state index in [9.17, 15) is 0 Å². The number of hydrogen-bond acceptors (Lipinski definition) is 2. The monoisotopic (exact) mass is 210 g/mol. The van der Waals surface area contributed by atoms with Crippen LogP contribution in [0.1, 0.15) is 35.9 Å². The lowest BCUT2D eigenvalue weighted by Gasteiger charge is -2.02. The van der Waals surface area contributed by atoms with Crippen molar-refractivity contribution in [3.8, 4) is 0 Å². The predicted molar refractivity (Wildman–Crippen MR) is 63.1 cm³/mol. The molecule has 2 aromatic rings. The molecular weight excluding hydrogens is 196 g/mol. The normalized spacial score (nSPS) is 13.8. The van der Waals surface area contributed by atoms with Gasteiger partial charge in [-0.15, -0.1) is 22.7 Å². The standard InChI is InChI=1S/C11H14S2/c1-4-7(2)10-6-9-5-8(3)12-11(9)13-10/h5-7H,4H2,1-3H3. The highest BCUT2D eigenvalue weighted by molar-refractivity contribution is 7.38. The molecule has 2 rings (SSSR count). The number of rotatable bonds is 2. The van der Waals surface area contributed by atoms with E-state index in [1.165, 1.54) is 20.7 Å². The van der Waals surface area contributed by atoms with Gasteiger partial charge in [-0.25, -0.2) is 0 Å². The van der Waals surface area contributed by atoms with Gasteiger partial charge in [0.25, 0.3) is 0 Å². The highest BCUT2D eigenvalue weighted by Gasteiger charge is 2.09. The van der Waals surface area contributed by atoms with Crippen molar-refractivity contribution in [2.75, 3.05) is 0 Å². The number of aryl methyl sites for hydroxylation is 1. The van der Waals surface area contributed by atoms with Crippen LogP contribution in [0.15, 0.2) is 12.1 Å². The minimum Gasteiger partial charge on any atom is -0.130 e. The van der Waals surface area contributed by atoms with Crippen LogP contribution in [-0.4, -0.2) is 0 Å². The van der Waals surface area contributed by atoms with E-state index < -0.39 is 0 Å². The molecule has 70 valence electrons. The van der Waals surface area contributed by atoms with Crippen molar-refractivity contribution in [1.29, 1.82) is 0 Å². The van der Waals surface area contributed by atoms with Crippen molar-refractivity contribution in [2.45, 2.75) is 33.1 Å². The predicted octanol–water partition coefficient (Wildman–Crippen LogP) is 4.78. The molecule has 0 nitrogen and oxygen atoms in total. The van der Waals surface area contributed by atoms with Crippen molar-refractivity contribution < 1.29 is 0 Å². The Morgan fingerprint density at radius 1 is 1.31 bits per heavy atom. The first-order valence-electron chi connectivity index (χ1n) is 4.70. The van der Waals surface area contributed by atoms with Crippen molar-refractivity contribution in [1.82, 2.24) is 0 Å². The molecule has 0 spiro atoms. The van der Waals surface area contributed by atoms with Crippen molar-refractivity contribution in [3.63, 3.8) is 0 Å². The molecule has 0 bridgehead atoms. The lowest BCUT2D eigenvalue weighted by molar-refractivity contribution is 0.748. The fraction of sp³-hybridized carbons (Fsp3) is 0.455. The van der Waals surface area contributed by atoms with E-state index in [0.717, 1.165) is 5.92 Å². The Morgan fingerprint density at radius 2 is 2.08 bits per heavy atom. The third-order valence-electron chi connectivity index (χ3n) is 2.45. The average molecular weight is 210 g/mol. The van der Waals surface area contributed by atoms with E-state index in [2.05, 4.69) is 32.9 Å². The van der Waals surface area contributed by atoms with E-state index in [0.29, 0.717) is 0 Å². The number of hydrogen-bond donors (Lipinski definition) is 0. The lowest BCUT2D eigenvalue weighted by atomic mass is 10.1.